The Kier molecular flexibility index (Phi) is 7.09. The molecule has 0 N–H and O–H groups in total. The Morgan fingerprint density at radius 1 is 0.941 bits per heavy atom. The minimum Gasteiger partial charge on any atom is -0.465 e. The largest absolute Gasteiger partial charge is 0.465 e. The fraction of sp³-hybridized carbons (Fsp3) is 0.125. The fourth-order valence-electron chi connectivity index (χ4n) is 3.22. The monoisotopic (exact) mass is 497 g/mol. The number of esters is 1. The van der Waals surface area contributed by atoms with Gasteiger partial charge in [-0.2, -0.15) is 0 Å². The van der Waals surface area contributed by atoms with Crippen molar-refractivity contribution < 1.29 is 22.3 Å². The van der Waals surface area contributed by atoms with Crippen molar-refractivity contribution in [3.8, 4) is 17.1 Å². The lowest BCUT2D eigenvalue weighted by Crippen LogP contribution is -2.08. The first-order valence-electron chi connectivity index (χ1n) is 10.3. The van der Waals surface area contributed by atoms with Crippen molar-refractivity contribution in [1.82, 2.24) is 14.8 Å². The number of halogens is 1. The Hall–Kier alpha value is -3.50. The molecule has 0 bridgehead atoms. The van der Waals surface area contributed by atoms with Gasteiger partial charge < -0.3 is 4.74 Å². The van der Waals surface area contributed by atoms with Crippen LogP contribution in [0.5, 0.6) is 0 Å². The highest BCUT2D eigenvalue weighted by Crippen LogP contribution is 2.30. The van der Waals surface area contributed by atoms with Crippen molar-refractivity contribution in [3.05, 3.63) is 84.7 Å². The molecule has 0 saturated carbocycles. The summed E-state index contributed by atoms with van der Waals surface area (Å²) in [6.07, 6.45) is 0. The van der Waals surface area contributed by atoms with Gasteiger partial charge in [0.1, 0.15) is 5.82 Å². The predicted octanol–water partition coefficient (Wildman–Crippen LogP) is 4.56. The van der Waals surface area contributed by atoms with Crippen LogP contribution >= 0.6 is 11.8 Å². The molecular weight excluding hydrogens is 477 g/mol. The second kappa shape index (κ2) is 10.2. The maximum atomic E-state index is 13.5. The second-order valence-electron chi connectivity index (χ2n) is 7.05. The number of benzene rings is 3. The molecule has 0 spiro atoms. The Balaban J connectivity index is 1.71. The van der Waals surface area contributed by atoms with Gasteiger partial charge in [-0.3, -0.25) is 9.36 Å². The summed E-state index contributed by atoms with van der Waals surface area (Å²) < 4.78 is 46.0. The minimum absolute atomic E-state index is 0.0292. The van der Waals surface area contributed by atoms with E-state index >= 15 is 0 Å². The fourth-order valence-corrected chi connectivity index (χ4v) is 5.25. The topological polar surface area (TPSA) is 91.2 Å². The third kappa shape index (κ3) is 5.02. The average molecular weight is 498 g/mol. The van der Waals surface area contributed by atoms with Gasteiger partial charge in [0.25, 0.3) is 0 Å². The van der Waals surface area contributed by atoms with Crippen LogP contribution < -0.4 is 0 Å². The molecule has 3 aromatic carbocycles. The molecule has 0 unspecified atom stereocenters. The minimum atomic E-state index is -3.66. The van der Waals surface area contributed by atoms with Crippen molar-refractivity contribution in [3.63, 3.8) is 0 Å². The first kappa shape index (κ1) is 23.7. The molecule has 34 heavy (non-hydrogen) atoms. The van der Waals surface area contributed by atoms with Gasteiger partial charge in [-0.05, 0) is 67.6 Å². The van der Waals surface area contributed by atoms with Gasteiger partial charge >= 0.3 is 5.97 Å². The predicted molar refractivity (Wildman–Crippen MR) is 126 cm³/mol. The van der Waals surface area contributed by atoms with E-state index in [0.717, 1.165) is 11.8 Å². The molecule has 1 heterocycles. The molecule has 0 aliphatic carbocycles. The van der Waals surface area contributed by atoms with Crippen LogP contribution in [0.3, 0.4) is 0 Å². The lowest BCUT2D eigenvalue weighted by molar-refractivity contribution is -0.139. The number of hydrogen-bond donors (Lipinski definition) is 0. The third-order valence-corrected chi connectivity index (χ3v) is 7.51. The Morgan fingerprint density at radius 3 is 2.24 bits per heavy atom. The highest BCUT2D eigenvalue weighted by molar-refractivity contribution is 7.99. The molecule has 0 saturated heterocycles. The molecule has 7 nitrogen and oxygen atoms in total. The SMILES string of the molecule is CCOC(=O)CSc1nnc(-c2ccc(S(=O)(=O)c3ccccc3)cc2)n1-c1ccc(F)cc1. The number of thioether (sulfide) groups is 1. The molecule has 10 heteroatoms. The quantitative estimate of drug-likeness (QED) is 0.260. The summed E-state index contributed by atoms with van der Waals surface area (Å²) in [5.41, 5.74) is 1.19. The van der Waals surface area contributed by atoms with Crippen molar-refractivity contribution >= 4 is 27.6 Å². The molecule has 0 atom stereocenters. The van der Waals surface area contributed by atoms with Gasteiger partial charge in [-0.1, -0.05) is 30.0 Å². The Bertz CT molecular complexity index is 1390. The summed E-state index contributed by atoms with van der Waals surface area (Å²) in [6, 6.07) is 20.2. The van der Waals surface area contributed by atoms with E-state index in [1.54, 1.807) is 66.1 Å². The zero-order valence-corrected chi connectivity index (χ0v) is 19.7. The smallest absolute Gasteiger partial charge is 0.316 e. The normalized spacial score (nSPS) is 11.4. The summed E-state index contributed by atoms with van der Waals surface area (Å²) in [5, 5.41) is 8.87. The standard InChI is InChI=1S/C24H20FN3O4S2/c1-2-32-22(29)16-33-24-27-26-23(28(24)19-12-10-18(25)11-13-19)17-8-14-21(15-9-17)34(30,31)20-6-4-3-5-7-20/h3-15H,2,16H2,1H3. The maximum absolute atomic E-state index is 13.5. The number of aromatic nitrogens is 3. The van der Waals surface area contributed by atoms with Crippen LogP contribution in [0.25, 0.3) is 17.1 Å². The van der Waals surface area contributed by atoms with Crippen LogP contribution in [0, 0.1) is 5.82 Å². The summed E-state index contributed by atoms with van der Waals surface area (Å²) in [7, 11) is -3.66. The molecule has 0 aliphatic rings. The van der Waals surface area contributed by atoms with E-state index in [-0.39, 0.29) is 22.2 Å². The van der Waals surface area contributed by atoms with Crippen LogP contribution in [0.15, 0.2) is 93.8 Å². The number of sulfone groups is 1. The highest BCUT2D eigenvalue weighted by atomic mass is 32.2. The van der Waals surface area contributed by atoms with Crippen LogP contribution in [0.4, 0.5) is 4.39 Å². The van der Waals surface area contributed by atoms with Crippen molar-refractivity contribution in [2.24, 2.45) is 0 Å². The van der Waals surface area contributed by atoms with E-state index in [9.17, 15) is 17.6 Å². The van der Waals surface area contributed by atoms with Crippen LogP contribution in [0.1, 0.15) is 6.92 Å². The number of ether oxygens (including phenoxy) is 1. The van der Waals surface area contributed by atoms with E-state index in [4.69, 9.17) is 4.74 Å². The highest BCUT2D eigenvalue weighted by Gasteiger charge is 2.20. The summed E-state index contributed by atoms with van der Waals surface area (Å²) in [6.45, 7) is 2.00. The van der Waals surface area contributed by atoms with Gasteiger partial charge in [0, 0.05) is 11.3 Å². The van der Waals surface area contributed by atoms with Crippen LogP contribution in [-0.4, -0.2) is 41.5 Å². The molecular formula is C24H20FN3O4S2. The summed E-state index contributed by atoms with van der Waals surface area (Å²) >= 11 is 1.14. The molecule has 1 aromatic heterocycles. The molecule has 0 aliphatic heterocycles. The van der Waals surface area contributed by atoms with Crippen LogP contribution in [-0.2, 0) is 19.4 Å². The molecule has 0 fully saturated rings. The first-order valence-corrected chi connectivity index (χ1v) is 12.8. The Morgan fingerprint density at radius 2 is 1.59 bits per heavy atom. The maximum Gasteiger partial charge on any atom is 0.316 e. The van der Waals surface area contributed by atoms with E-state index in [2.05, 4.69) is 10.2 Å². The van der Waals surface area contributed by atoms with Crippen molar-refractivity contribution in [2.75, 3.05) is 12.4 Å². The molecule has 4 rings (SSSR count). The third-order valence-electron chi connectivity index (χ3n) is 4.82. The van der Waals surface area contributed by atoms with Crippen LogP contribution in [0.2, 0.25) is 0 Å². The number of hydrogen-bond acceptors (Lipinski definition) is 7. The van der Waals surface area contributed by atoms with E-state index in [1.165, 1.54) is 24.3 Å². The Labute approximate surface area is 200 Å². The van der Waals surface area contributed by atoms with E-state index in [1.807, 2.05) is 0 Å². The van der Waals surface area contributed by atoms with Crippen molar-refractivity contribution in [2.45, 2.75) is 21.9 Å². The lowest BCUT2D eigenvalue weighted by Gasteiger charge is -2.11. The lowest BCUT2D eigenvalue weighted by atomic mass is 10.2. The number of rotatable bonds is 8. The van der Waals surface area contributed by atoms with Gasteiger partial charge in [0.05, 0.1) is 22.2 Å². The molecule has 174 valence electrons. The molecule has 0 amide bonds. The number of carbonyl (C=O) groups is 1. The van der Waals surface area contributed by atoms with Gasteiger partial charge in [0.15, 0.2) is 11.0 Å². The molecule has 4 aromatic rings. The van der Waals surface area contributed by atoms with E-state index < -0.39 is 21.6 Å². The number of carbonyl (C=O) groups excluding carboxylic acids is 1. The van der Waals surface area contributed by atoms with Gasteiger partial charge in [-0.25, -0.2) is 12.8 Å². The zero-order valence-electron chi connectivity index (χ0n) is 18.1. The average Bonchev–Trinajstić information content (AvgIpc) is 3.28. The van der Waals surface area contributed by atoms with Crippen molar-refractivity contribution in [1.29, 1.82) is 0 Å². The van der Waals surface area contributed by atoms with Gasteiger partial charge in [-0.15, -0.1) is 10.2 Å². The molecule has 0 radical (unpaired) electrons. The van der Waals surface area contributed by atoms with E-state index in [0.29, 0.717) is 22.2 Å². The number of nitrogens with zero attached hydrogens (tertiary/aromatic N) is 3. The summed E-state index contributed by atoms with van der Waals surface area (Å²) in [5.74, 6) is -0.337. The first-order chi connectivity index (χ1) is 16.4. The summed E-state index contributed by atoms with van der Waals surface area (Å²) in [4.78, 5) is 12.2. The zero-order chi connectivity index (χ0) is 24.1. The second-order valence-corrected chi connectivity index (χ2v) is 9.94. The van der Waals surface area contributed by atoms with Gasteiger partial charge in [0.2, 0.25) is 9.84 Å².